The Labute approximate surface area is 246 Å². The molecule has 1 unspecified atom stereocenters. The van der Waals surface area contributed by atoms with Crippen molar-refractivity contribution in [3.63, 3.8) is 0 Å². The summed E-state index contributed by atoms with van der Waals surface area (Å²) in [4.78, 5) is 48.9. The Morgan fingerprint density at radius 3 is 2.44 bits per heavy atom. The molecule has 10 nitrogen and oxygen atoms in total. The van der Waals surface area contributed by atoms with Crippen molar-refractivity contribution in [1.82, 2.24) is 10.6 Å². The maximum Gasteiger partial charge on any atom is 0.328 e. The van der Waals surface area contributed by atoms with Gasteiger partial charge in [-0.15, -0.1) is 0 Å². The number of non-ortho nitro benzene ring substituents is 1. The van der Waals surface area contributed by atoms with E-state index in [1.165, 1.54) is 19.2 Å². The van der Waals surface area contributed by atoms with Crippen molar-refractivity contribution in [3.8, 4) is 16.9 Å². The van der Waals surface area contributed by atoms with Crippen LogP contribution >= 0.6 is 23.2 Å². The Kier molecular flexibility index (Phi) is 9.93. The SMILES string of the molecule is COC(=O)[C@H](CCC(=O)CNC1CCOc2ccc([N+](=O)[O-])cc21)NC(=O)c1c(Cl)cc(-c2ccccc2)cc1Cl. The molecule has 1 aliphatic heterocycles. The van der Waals surface area contributed by atoms with Gasteiger partial charge in [-0.1, -0.05) is 53.5 Å². The molecule has 2 N–H and O–H groups in total. The van der Waals surface area contributed by atoms with Crippen LogP contribution in [0.15, 0.2) is 60.7 Å². The van der Waals surface area contributed by atoms with Gasteiger partial charge >= 0.3 is 5.97 Å². The Balaban J connectivity index is 1.38. The second-order valence-electron chi connectivity index (χ2n) is 9.36. The van der Waals surface area contributed by atoms with Crippen LogP contribution in [0.3, 0.4) is 0 Å². The maximum absolute atomic E-state index is 13.1. The zero-order chi connectivity index (χ0) is 29.5. The summed E-state index contributed by atoms with van der Waals surface area (Å²) in [6.07, 6.45) is 0.450. The Morgan fingerprint density at radius 1 is 1.07 bits per heavy atom. The predicted octanol–water partition coefficient (Wildman–Crippen LogP) is 5.30. The quantitative estimate of drug-likeness (QED) is 0.172. The van der Waals surface area contributed by atoms with E-state index in [4.69, 9.17) is 32.7 Å². The van der Waals surface area contributed by atoms with Crippen LogP contribution in [0.2, 0.25) is 10.0 Å². The van der Waals surface area contributed by atoms with Crippen LogP contribution in [0.4, 0.5) is 5.69 Å². The van der Waals surface area contributed by atoms with E-state index in [0.29, 0.717) is 24.3 Å². The molecule has 1 amide bonds. The second kappa shape index (κ2) is 13.6. The maximum atomic E-state index is 13.1. The van der Waals surface area contributed by atoms with Crippen LogP contribution in [-0.4, -0.2) is 48.9 Å². The first kappa shape index (κ1) is 30.0. The molecule has 0 aliphatic carbocycles. The van der Waals surface area contributed by atoms with E-state index in [0.717, 1.165) is 11.1 Å². The Hall–Kier alpha value is -3.99. The molecule has 1 heterocycles. The van der Waals surface area contributed by atoms with Gasteiger partial charge in [0.15, 0.2) is 0 Å². The summed E-state index contributed by atoms with van der Waals surface area (Å²) in [7, 11) is 1.18. The average molecular weight is 600 g/mol. The van der Waals surface area contributed by atoms with E-state index in [1.807, 2.05) is 30.3 Å². The fraction of sp³-hybridized carbons (Fsp3) is 0.276. The van der Waals surface area contributed by atoms with Crippen LogP contribution in [0.25, 0.3) is 11.1 Å². The fourth-order valence-corrected chi connectivity index (χ4v) is 5.21. The summed E-state index contributed by atoms with van der Waals surface area (Å²) in [5, 5.41) is 17.1. The number of nitro benzene ring substituents is 1. The third-order valence-electron chi connectivity index (χ3n) is 6.67. The number of Topliss-reactive ketones (excluding diaryl/α,β-unsaturated/α-hetero) is 1. The molecule has 0 spiro atoms. The van der Waals surface area contributed by atoms with Gasteiger partial charge in [-0.25, -0.2) is 4.79 Å². The number of ketones is 1. The molecule has 0 radical (unpaired) electrons. The standard InChI is InChI=1S/C29H27Cl2N3O7/c1-40-29(37)25(33-28(36)27-22(30)13-18(14-23(27)31)17-5-3-2-4-6-17)9-8-20(35)16-32-24-11-12-41-26-10-7-19(34(38)39)15-21(24)26/h2-7,10,13-15,24-25,32H,8-9,11-12,16H2,1H3,(H,33,36)/t24?,25-/m0/s1. The number of carbonyl (C=O) groups is 3. The average Bonchev–Trinajstić information content (AvgIpc) is 2.97. The number of ether oxygens (including phenoxy) is 2. The lowest BCUT2D eigenvalue weighted by Crippen LogP contribution is -2.42. The minimum atomic E-state index is -1.12. The first-order valence-electron chi connectivity index (χ1n) is 12.8. The summed E-state index contributed by atoms with van der Waals surface area (Å²) in [6.45, 7) is 0.345. The van der Waals surface area contributed by atoms with Crippen LogP contribution in [0.1, 0.15) is 41.2 Å². The van der Waals surface area contributed by atoms with Crippen molar-refractivity contribution >= 4 is 46.5 Å². The van der Waals surface area contributed by atoms with Crippen LogP contribution in [-0.2, 0) is 14.3 Å². The molecule has 3 aromatic rings. The highest BCUT2D eigenvalue weighted by atomic mass is 35.5. The van der Waals surface area contributed by atoms with E-state index < -0.39 is 22.8 Å². The number of methoxy groups -OCH3 is 1. The van der Waals surface area contributed by atoms with Crippen LogP contribution in [0.5, 0.6) is 5.75 Å². The minimum Gasteiger partial charge on any atom is -0.493 e. The fourth-order valence-electron chi connectivity index (χ4n) is 4.55. The first-order valence-corrected chi connectivity index (χ1v) is 13.5. The van der Waals surface area contributed by atoms with Crippen molar-refractivity contribution in [2.24, 2.45) is 0 Å². The molecular weight excluding hydrogens is 573 g/mol. The van der Waals surface area contributed by atoms with Crippen LogP contribution in [0, 0.1) is 10.1 Å². The van der Waals surface area contributed by atoms with Gasteiger partial charge in [0.1, 0.15) is 17.6 Å². The molecule has 214 valence electrons. The molecular formula is C29H27Cl2N3O7. The van der Waals surface area contributed by atoms with Gasteiger partial charge in [0.25, 0.3) is 11.6 Å². The molecule has 0 saturated heterocycles. The molecule has 0 saturated carbocycles. The molecule has 1 aliphatic rings. The number of nitro groups is 1. The minimum absolute atomic E-state index is 0.00202. The monoisotopic (exact) mass is 599 g/mol. The number of hydrogen-bond acceptors (Lipinski definition) is 8. The Bertz CT molecular complexity index is 1440. The molecule has 12 heteroatoms. The smallest absolute Gasteiger partial charge is 0.328 e. The summed E-state index contributed by atoms with van der Waals surface area (Å²) < 4.78 is 10.4. The van der Waals surface area contributed by atoms with Crippen molar-refractivity contribution in [3.05, 3.63) is 92.0 Å². The number of rotatable bonds is 11. The number of amides is 1. The number of halogens is 2. The predicted molar refractivity (Wildman–Crippen MR) is 153 cm³/mol. The van der Waals surface area contributed by atoms with E-state index in [9.17, 15) is 24.5 Å². The molecule has 0 bridgehead atoms. The normalized spacial score (nSPS) is 14.8. The van der Waals surface area contributed by atoms with Crippen molar-refractivity contribution in [2.45, 2.75) is 31.3 Å². The lowest BCUT2D eigenvalue weighted by Gasteiger charge is -2.26. The molecule has 0 fully saturated rings. The number of esters is 1. The van der Waals surface area contributed by atoms with Crippen molar-refractivity contribution in [2.75, 3.05) is 20.3 Å². The molecule has 41 heavy (non-hydrogen) atoms. The molecule has 2 atom stereocenters. The van der Waals surface area contributed by atoms with E-state index in [2.05, 4.69) is 10.6 Å². The summed E-state index contributed by atoms with van der Waals surface area (Å²) in [5.74, 6) is -1.11. The summed E-state index contributed by atoms with van der Waals surface area (Å²) in [6, 6.07) is 15.5. The van der Waals surface area contributed by atoms with Gasteiger partial charge in [0.05, 0.1) is 40.8 Å². The topological polar surface area (TPSA) is 137 Å². The lowest BCUT2D eigenvalue weighted by atomic mass is 9.99. The number of nitrogens with one attached hydrogen (secondary N) is 2. The number of carbonyl (C=O) groups excluding carboxylic acids is 3. The summed E-state index contributed by atoms with van der Waals surface area (Å²) >= 11 is 12.8. The first-order chi connectivity index (χ1) is 19.7. The summed E-state index contributed by atoms with van der Waals surface area (Å²) in [5.41, 5.74) is 2.12. The van der Waals surface area contributed by atoms with Crippen molar-refractivity contribution in [1.29, 1.82) is 0 Å². The molecule has 3 aromatic carbocycles. The second-order valence-corrected chi connectivity index (χ2v) is 10.2. The number of nitrogens with zero attached hydrogens (tertiary/aromatic N) is 1. The van der Waals surface area contributed by atoms with E-state index in [-0.39, 0.29) is 52.5 Å². The van der Waals surface area contributed by atoms with E-state index in [1.54, 1.807) is 18.2 Å². The highest BCUT2D eigenvalue weighted by Gasteiger charge is 2.27. The zero-order valence-corrected chi connectivity index (χ0v) is 23.5. The van der Waals surface area contributed by atoms with Gasteiger partial charge in [0, 0.05) is 36.6 Å². The van der Waals surface area contributed by atoms with Crippen LogP contribution < -0.4 is 15.4 Å². The lowest BCUT2D eigenvalue weighted by molar-refractivity contribution is -0.385. The van der Waals surface area contributed by atoms with Gasteiger partial charge in [0.2, 0.25) is 0 Å². The van der Waals surface area contributed by atoms with E-state index >= 15 is 0 Å². The van der Waals surface area contributed by atoms with Gasteiger partial charge < -0.3 is 20.1 Å². The third-order valence-corrected chi connectivity index (χ3v) is 7.26. The molecule has 4 rings (SSSR count). The number of benzene rings is 3. The van der Waals surface area contributed by atoms with Crippen molar-refractivity contribution < 1.29 is 28.8 Å². The zero-order valence-electron chi connectivity index (χ0n) is 22.0. The third kappa shape index (κ3) is 7.40. The molecule has 0 aromatic heterocycles. The number of fused-ring (bicyclic) bond motifs is 1. The highest BCUT2D eigenvalue weighted by molar-refractivity contribution is 6.40. The van der Waals surface area contributed by atoms with Gasteiger partial charge in [-0.05, 0) is 35.7 Å². The van der Waals surface area contributed by atoms with Gasteiger partial charge in [-0.3, -0.25) is 19.7 Å². The Morgan fingerprint density at radius 2 is 1.78 bits per heavy atom. The van der Waals surface area contributed by atoms with Gasteiger partial charge in [-0.2, -0.15) is 0 Å². The number of hydrogen-bond donors (Lipinski definition) is 2. The largest absolute Gasteiger partial charge is 0.493 e. The highest BCUT2D eigenvalue weighted by Crippen LogP contribution is 2.35.